The summed E-state index contributed by atoms with van der Waals surface area (Å²) in [5.41, 5.74) is 5.67. The highest BCUT2D eigenvalue weighted by Crippen LogP contribution is 2.30. The highest BCUT2D eigenvalue weighted by atomic mass is 16.1. The number of carbonyl (C=O) groups excluding carboxylic acids is 1. The van der Waals surface area contributed by atoms with Crippen molar-refractivity contribution in [2.24, 2.45) is 11.7 Å². The Morgan fingerprint density at radius 1 is 1.44 bits per heavy atom. The second kappa shape index (κ2) is 6.53. The van der Waals surface area contributed by atoms with Crippen molar-refractivity contribution < 1.29 is 4.79 Å². The fourth-order valence-corrected chi connectivity index (χ4v) is 2.21. The van der Waals surface area contributed by atoms with Gasteiger partial charge in [-0.05, 0) is 46.1 Å². The fourth-order valence-electron chi connectivity index (χ4n) is 2.21. The van der Waals surface area contributed by atoms with Crippen molar-refractivity contribution in [3.63, 3.8) is 0 Å². The standard InChI is InChI=1S/C14H29N3O/c1-5-17(10-11-6-7-11)12(9-15)8-13(18)16-14(2,3)4/h11-12H,5-10,15H2,1-4H3,(H,16,18). The quantitative estimate of drug-likeness (QED) is 0.722. The van der Waals surface area contributed by atoms with Gasteiger partial charge in [0.15, 0.2) is 0 Å². The van der Waals surface area contributed by atoms with Gasteiger partial charge in [-0.25, -0.2) is 0 Å². The molecular weight excluding hydrogens is 226 g/mol. The highest BCUT2D eigenvalue weighted by Gasteiger charge is 2.28. The van der Waals surface area contributed by atoms with Gasteiger partial charge in [0.25, 0.3) is 0 Å². The molecule has 0 radical (unpaired) electrons. The Hall–Kier alpha value is -0.610. The lowest BCUT2D eigenvalue weighted by Gasteiger charge is -2.30. The van der Waals surface area contributed by atoms with Crippen LogP contribution in [-0.2, 0) is 4.79 Å². The summed E-state index contributed by atoms with van der Waals surface area (Å²) in [5, 5.41) is 3.01. The molecule has 1 aliphatic carbocycles. The smallest absolute Gasteiger partial charge is 0.222 e. The molecule has 106 valence electrons. The third-order valence-corrected chi connectivity index (χ3v) is 3.32. The monoisotopic (exact) mass is 255 g/mol. The third-order valence-electron chi connectivity index (χ3n) is 3.32. The van der Waals surface area contributed by atoms with Gasteiger partial charge < -0.3 is 11.1 Å². The molecule has 1 saturated carbocycles. The highest BCUT2D eigenvalue weighted by molar-refractivity contribution is 5.77. The molecule has 0 saturated heterocycles. The van der Waals surface area contributed by atoms with E-state index in [1.165, 1.54) is 12.8 Å². The van der Waals surface area contributed by atoms with Crippen LogP contribution in [0.4, 0.5) is 0 Å². The van der Waals surface area contributed by atoms with E-state index in [1.54, 1.807) is 0 Å². The van der Waals surface area contributed by atoms with Crippen LogP contribution in [0, 0.1) is 5.92 Å². The third kappa shape index (κ3) is 5.83. The largest absolute Gasteiger partial charge is 0.351 e. The van der Waals surface area contributed by atoms with Crippen molar-refractivity contribution in [2.45, 2.75) is 58.5 Å². The van der Waals surface area contributed by atoms with Gasteiger partial charge in [-0.2, -0.15) is 0 Å². The first-order chi connectivity index (χ1) is 8.35. The summed E-state index contributed by atoms with van der Waals surface area (Å²) < 4.78 is 0. The number of amides is 1. The first kappa shape index (κ1) is 15.4. The average molecular weight is 255 g/mol. The summed E-state index contributed by atoms with van der Waals surface area (Å²) in [6, 6.07) is 0.179. The van der Waals surface area contributed by atoms with Crippen molar-refractivity contribution in [3.05, 3.63) is 0 Å². The van der Waals surface area contributed by atoms with Crippen molar-refractivity contribution >= 4 is 5.91 Å². The first-order valence-electron chi connectivity index (χ1n) is 7.10. The van der Waals surface area contributed by atoms with Crippen molar-refractivity contribution in [1.29, 1.82) is 0 Å². The summed E-state index contributed by atoms with van der Waals surface area (Å²) >= 11 is 0. The number of hydrogen-bond donors (Lipinski definition) is 2. The molecule has 1 atom stereocenters. The number of nitrogens with two attached hydrogens (primary N) is 1. The van der Waals surface area contributed by atoms with Crippen LogP contribution in [0.3, 0.4) is 0 Å². The molecule has 0 aromatic heterocycles. The number of rotatable bonds is 7. The van der Waals surface area contributed by atoms with Gasteiger partial charge in [-0.15, -0.1) is 0 Å². The zero-order valence-electron chi connectivity index (χ0n) is 12.3. The van der Waals surface area contributed by atoms with E-state index in [2.05, 4.69) is 17.1 Å². The van der Waals surface area contributed by atoms with Crippen LogP contribution in [0.1, 0.15) is 47.0 Å². The minimum Gasteiger partial charge on any atom is -0.351 e. The minimum absolute atomic E-state index is 0.104. The Balaban J connectivity index is 2.45. The van der Waals surface area contributed by atoms with E-state index in [4.69, 9.17) is 5.73 Å². The van der Waals surface area contributed by atoms with Gasteiger partial charge >= 0.3 is 0 Å². The van der Waals surface area contributed by atoms with Gasteiger partial charge in [0.1, 0.15) is 0 Å². The van der Waals surface area contributed by atoms with Crippen molar-refractivity contribution in [2.75, 3.05) is 19.6 Å². The Bertz CT molecular complexity index is 269. The summed E-state index contributed by atoms with van der Waals surface area (Å²) in [6.07, 6.45) is 3.18. The number of nitrogens with zero attached hydrogens (tertiary/aromatic N) is 1. The average Bonchev–Trinajstić information content (AvgIpc) is 3.04. The Labute approximate surface area is 111 Å². The predicted molar refractivity (Wildman–Crippen MR) is 75.3 cm³/mol. The van der Waals surface area contributed by atoms with Crippen LogP contribution >= 0.6 is 0 Å². The van der Waals surface area contributed by atoms with Crippen LogP contribution in [0.2, 0.25) is 0 Å². The molecule has 0 bridgehead atoms. The number of likely N-dealkylation sites (N-methyl/N-ethyl adjacent to an activating group) is 1. The van der Waals surface area contributed by atoms with Gasteiger partial charge in [-0.1, -0.05) is 6.92 Å². The topological polar surface area (TPSA) is 58.4 Å². The van der Waals surface area contributed by atoms with Crippen molar-refractivity contribution in [3.8, 4) is 0 Å². The molecule has 1 amide bonds. The maximum absolute atomic E-state index is 12.0. The molecule has 0 aliphatic heterocycles. The molecule has 1 unspecified atom stereocenters. The Morgan fingerprint density at radius 2 is 2.06 bits per heavy atom. The van der Waals surface area contributed by atoms with Crippen molar-refractivity contribution in [1.82, 2.24) is 10.2 Å². The predicted octanol–water partition coefficient (Wildman–Crippen LogP) is 1.35. The van der Waals surface area contributed by atoms with E-state index in [1.807, 2.05) is 20.8 Å². The molecule has 0 heterocycles. The van der Waals surface area contributed by atoms with E-state index in [0.717, 1.165) is 19.0 Å². The van der Waals surface area contributed by atoms with E-state index < -0.39 is 0 Å². The maximum Gasteiger partial charge on any atom is 0.222 e. The molecule has 4 nitrogen and oxygen atoms in total. The molecule has 18 heavy (non-hydrogen) atoms. The molecule has 0 aromatic rings. The number of nitrogens with one attached hydrogen (secondary N) is 1. The molecule has 1 aliphatic rings. The van der Waals surface area contributed by atoms with Crippen LogP contribution in [0.15, 0.2) is 0 Å². The first-order valence-corrected chi connectivity index (χ1v) is 7.10. The molecular formula is C14H29N3O. The molecule has 4 heteroatoms. The Morgan fingerprint density at radius 3 is 2.44 bits per heavy atom. The van der Waals surface area contributed by atoms with Gasteiger partial charge in [0.05, 0.1) is 0 Å². The van der Waals surface area contributed by atoms with E-state index in [0.29, 0.717) is 13.0 Å². The lowest BCUT2D eigenvalue weighted by atomic mass is 10.1. The molecule has 1 fully saturated rings. The lowest BCUT2D eigenvalue weighted by Crippen LogP contribution is -2.47. The zero-order valence-corrected chi connectivity index (χ0v) is 12.3. The summed E-state index contributed by atoms with van der Waals surface area (Å²) in [4.78, 5) is 14.3. The van der Waals surface area contributed by atoms with E-state index in [-0.39, 0.29) is 17.5 Å². The SMILES string of the molecule is CCN(CC1CC1)C(CN)CC(=O)NC(C)(C)C. The van der Waals surface area contributed by atoms with E-state index in [9.17, 15) is 4.79 Å². The van der Waals surface area contributed by atoms with Crippen LogP contribution in [-0.4, -0.2) is 42.0 Å². The molecule has 3 N–H and O–H groups in total. The second-order valence-electron chi connectivity index (χ2n) is 6.42. The van der Waals surface area contributed by atoms with Crippen LogP contribution < -0.4 is 11.1 Å². The fraction of sp³-hybridized carbons (Fsp3) is 0.929. The minimum atomic E-state index is -0.163. The summed E-state index contributed by atoms with van der Waals surface area (Å²) in [5.74, 6) is 0.942. The normalized spacial score (nSPS) is 17.9. The second-order valence-corrected chi connectivity index (χ2v) is 6.42. The number of carbonyl (C=O) groups is 1. The van der Waals surface area contributed by atoms with Crippen LogP contribution in [0.25, 0.3) is 0 Å². The van der Waals surface area contributed by atoms with Gasteiger partial charge in [0, 0.05) is 31.1 Å². The van der Waals surface area contributed by atoms with E-state index >= 15 is 0 Å². The molecule has 1 rings (SSSR count). The zero-order chi connectivity index (χ0) is 13.8. The molecule has 0 spiro atoms. The van der Waals surface area contributed by atoms with Crippen LogP contribution in [0.5, 0.6) is 0 Å². The van der Waals surface area contributed by atoms with Gasteiger partial charge in [-0.3, -0.25) is 9.69 Å². The number of hydrogen-bond acceptors (Lipinski definition) is 3. The molecule has 0 aromatic carbocycles. The lowest BCUT2D eigenvalue weighted by molar-refractivity contribution is -0.123. The Kier molecular flexibility index (Phi) is 5.60. The maximum atomic E-state index is 12.0. The summed E-state index contributed by atoms with van der Waals surface area (Å²) in [6.45, 7) is 10.8. The van der Waals surface area contributed by atoms with Gasteiger partial charge in [0.2, 0.25) is 5.91 Å². The summed E-state index contributed by atoms with van der Waals surface area (Å²) in [7, 11) is 0.